The summed E-state index contributed by atoms with van der Waals surface area (Å²) >= 11 is 1.79. The van der Waals surface area contributed by atoms with E-state index in [2.05, 4.69) is 24.4 Å². The molecule has 0 saturated heterocycles. The van der Waals surface area contributed by atoms with Gasteiger partial charge in [-0.05, 0) is 25.5 Å². The van der Waals surface area contributed by atoms with Gasteiger partial charge in [0, 0.05) is 28.0 Å². The van der Waals surface area contributed by atoms with E-state index in [0.717, 1.165) is 28.3 Å². The third kappa shape index (κ3) is 2.12. The molecule has 19 heavy (non-hydrogen) atoms. The number of nitrogens with zero attached hydrogens (tertiary/aromatic N) is 2. The maximum absolute atomic E-state index is 5.71. The molecule has 98 valence electrons. The van der Waals surface area contributed by atoms with E-state index in [1.54, 1.807) is 11.3 Å². The van der Waals surface area contributed by atoms with E-state index in [-0.39, 0.29) is 0 Å². The molecular weight excluding hydrogens is 254 g/mol. The second kappa shape index (κ2) is 4.70. The van der Waals surface area contributed by atoms with Crippen molar-refractivity contribution in [1.82, 2.24) is 9.38 Å². The molecule has 2 aromatic heterocycles. The Hall–Kier alpha value is -1.81. The molecule has 0 aliphatic carbocycles. The van der Waals surface area contributed by atoms with Crippen LogP contribution in [0.25, 0.3) is 16.2 Å². The van der Waals surface area contributed by atoms with E-state index >= 15 is 0 Å². The van der Waals surface area contributed by atoms with Crippen molar-refractivity contribution in [3.05, 3.63) is 41.0 Å². The van der Waals surface area contributed by atoms with Crippen LogP contribution in [-0.4, -0.2) is 9.38 Å². The summed E-state index contributed by atoms with van der Waals surface area (Å²) in [5.41, 5.74) is 9.94. The average Bonchev–Trinajstić information content (AvgIpc) is 2.92. The van der Waals surface area contributed by atoms with Gasteiger partial charge in [-0.2, -0.15) is 0 Å². The summed E-state index contributed by atoms with van der Waals surface area (Å²) in [7, 11) is 0. The number of imidazole rings is 1. The van der Waals surface area contributed by atoms with Gasteiger partial charge in [0.15, 0.2) is 4.96 Å². The minimum atomic E-state index is 0.784. The van der Waals surface area contributed by atoms with Crippen molar-refractivity contribution >= 4 is 22.0 Å². The summed E-state index contributed by atoms with van der Waals surface area (Å²) in [4.78, 5) is 7.23. The normalized spacial score (nSPS) is 11.3. The van der Waals surface area contributed by atoms with Gasteiger partial charge in [-0.3, -0.25) is 4.40 Å². The predicted molar refractivity (Wildman–Crippen MR) is 81.6 cm³/mol. The smallest absolute Gasteiger partial charge is 0.194 e. The molecule has 4 heteroatoms. The molecule has 0 saturated carbocycles. The molecule has 0 atom stereocenters. The summed E-state index contributed by atoms with van der Waals surface area (Å²) in [6, 6.07) is 7.87. The average molecular weight is 271 g/mol. The second-order valence-corrected chi connectivity index (χ2v) is 5.82. The summed E-state index contributed by atoms with van der Waals surface area (Å²) in [6.45, 7) is 4.38. The SMILES string of the molecule is CCCc1sc2nc(-c3ccc(N)cc3)cn2c1C. The number of aromatic nitrogens is 2. The van der Waals surface area contributed by atoms with Crippen LogP contribution >= 0.6 is 11.3 Å². The van der Waals surface area contributed by atoms with E-state index < -0.39 is 0 Å². The Morgan fingerprint density at radius 2 is 2.00 bits per heavy atom. The highest BCUT2D eigenvalue weighted by Crippen LogP contribution is 2.28. The second-order valence-electron chi connectivity index (χ2n) is 4.76. The lowest BCUT2D eigenvalue weighted by Crippen LogP contribution is -1.87. The molecular formula is C15H17N3S. The van der Waals surface area contributed by atoms with Crippen molar-refractivity contribution in [1.29, 1.82) is 0 Å². The van der Waals surface area contributed by atoms with Crippen molar-refractivity contribution < 1.29 is 0 Å². The van der Waals surface area contributed by atoms with Crippen LogP contribution in [0.2, 0.25) is 0 Å². The molecule has 3 aromatic rings. The maximum atomic E-state index is 5.71. The molecule has 3 nitrogen and oxygen atoms in total. The number of fused-ring (bicyclic) bond motifs is 1. The fourth-order valence-corrected chi connectivity index (χ4v) is 3.45. The van der Waals surface area contributed by atoms with Gasteiger partial charge in [-0.1, -0.05) is 25.5 Å². The van der Waals surface area contributed by atoms with Gasteiger partial charge in [0.25, 0.3) is 0 Å². The molecule has 0 unspecified atom stereocenters. The number of anilines is 1. The number of rotatable bonds is 3. The van der Waals surface area contributed by atoms with Gasteiger partial charge in [-0.25, -0.2) is 4.98 Å². The van der Waals surface area contributed by atoms with Gasteiger partial charge in [0.2, 0.25) is 0 Å². The van der Waals surface area contributed by atoms with E-state index in [9.17, 15) is 0 Å². The van der Waals surface area contributed by atoms with E-state index in [4.69, 9.17) is 10.7 Å². The number of nitrogens with two attached hydrogens (primary N) is 1. The molecule has 0 radical (unpaired) electrons. The van der Waals surface area contributed by atoms with Crippen LogP contribution in [-0.2, 0) is 6.42 Å². The zero-order valence-corrected chi connectivity index (χ0v) is 12.0. The number of benzene rings is 1. The largest absolute Gasteiger partial charge is 0.399 e. The number of nitrogen functional groups attached to an aromatic ring is 1. The Bertz CT molecular complexity index is 707. The van der Waals surface area contributed by atoms with Crippen LogP contribution in [0.4, 0.5) is 5.69 Å². The number of aryl methyl sites for hydroxylation is 2. The Kier molecular flexibility index (Phi) is 3.03. The number of hydrogen-bond acceptors (Lipinski definition) is 3. The molecule has 1 aromatic carbocycles. The molecule has 0 bridgehead atoms. The topological polar surface area (TPSA) is 43.3 Å². The monoisotopic (exact) mass is 271 g/mol. The van der Waals surface area contributed by atoms with Gasteiger partial charge in [0.05, 0.1) is 5.69 Å². The minimum absolute atomic E-state index is 0.784. The van der Waals surface area contributed by atoms with Crippen molar-refractivity contribution in [2.75, 3.05) is 5.73 Å². The maximum Gasteiger partial charge on any atom is 0.194 e. The third-order valence-electron chi connectivity index (χ3n) is 3.34. The highest BCUT2D eigenvalue weighted by atomic mass is 32.1. The molecule has 2 N–H and O–H groups in total. The van der Waals surface area contributed by atoms with Crippen LogP contribution in [0.1, 0.15) is 23.9 Å². The summed E-state index contributed by atoms with van der Waals surface area (Å²) in [6.07, 6.45) is 4.43. The molecule has 0 amide bonds. The van der Waals surface area contributed by atoms with Crippen LogP contribution in [0.5, 0.6) is 0 Å². The van der Waals surface area contributed by atoms with Crippen LogP contribution in [0, 0.1) is 6.92 Å². The quantitative estimate of drug-likeness (QED) is 0.734. The molecule has 0 aliphatic heterocycles. The Morgan fingerprint density at radius 1 is 1.26 bits per heavy atom. The van der Waals surface area contributed by atoms with E-state index in [0.29, 0.717) is 0 Å². The molecule has 0 aliphatic rings. The lowest BCUT2D eigenvalue weighted by Gasteiger charge is -1.98. The standard InChI is InChI=1S/C15H17N3S/c1-3-4-14-10(2)18-9-13(17-15(18)19-14)11-5-7-12(16)8-6-11/h5-9H,3-4,16H2,1-2H3. The first-order valence-electron chi connectivity index (χ1n) is 6.52. The fraction of sp³-hybridized carbons (Fsp3) is 0.267. The van der Waals surface area contributed by atoms with Crippen LogP contribution in [0.3, 0.4) is 0 Å². The van der Waals surface area contributed by atoms with Gasteiger partial charge < -0.3 is 5.73 Å². The van der Waals surface area contributed by atoms with Crippen molar-refractivity contribution in [3.8, 4) is 11.3 Å². The van der Waals surface area contributed by atoms with E-state index in [1.165, 1.54) is 17.0 Å². The molecule has 2 heterocycles. The molecule has 3 rings (SSSR count). The van der Waals surface area contributed by atoms with Gasteiger partial charge in [-0.15, -0.1) is 11.3 Å². The van der Waals surface area contributed by atoms with Crippen LogP contribution in [0.15, 0.2) is 30.5 Å². The van der Waals surface area contributed by atoms with Crippen molar-refractivity contribution in [3.63, 3.8) is 0 Å². The number of thiazole rings is 1. The zero-order valence-electron chi connectivity index (χ0n) is 11.2. The van der Waals surface area contributed by atoms with Gasteiger partial charge >= 0.3 is 0 Å². The summed E-state index contributed by atoms with van der Waals surface area (Å²) < 4.78 is 2.20. The highest BCUT2D eigenvalue weighted by molar-refractivity contribution is 7.17. The van der Waals surface area contributed by atoms with Crippen molar-refractivity contribution in [2.45, 2.75) is 26.7 Å². The molecule has 0 spiro atoms. The van der Waals surface area contributed by atoms with Gasteiger partial charge in [0.1, 0.15) is 0 Å². The Balaban J connectivity index is 2.05. The lowest BCUT2D eigenvalue weighted by molar-refractivity contribution is 0.917. The minimum Gasteiger partial charge on any atom is -0.399 e. The van der Waals surface area contributed by atoms with Crippen LogP contribution < -0.4 is 5.73 Å². The summed E-state index contributed by atoms with van der Waals surface area (Å²) in [5.74, 6) is 0. The zero-order chi connectivity index (χ0) is 13.4. The lowest BCUT2D eigenvalue weighted by atomic mass is 10.1. The number of hydrogen-bond donors (Lipinski definition) is 1. The first-order chi connectivity index (χ1) is 9.19. The third-order valence-corrected chi connectivity index (χ3v) is 4.55. The molecule has 0 fully saturated rings. The Morgan fingerprint density at radius 3 is 2.63 bits per heavy atom. The first-order valence-corrected chi connectivity index (χ1v) is 7.34. The first kappa shape index (κ1) is 12.2. The summed E-state index contributed by atoms with van der Waals surface area (Å²) in [5, 5.41) is 0. The fourth-order valence-electron chi connectivity index (χ4n) is 2.25. The van der Waals surface area contributed by atoms with E-state index in [1.807, 2.05) is 24.3 Å². The highest BCUT2D eigenvalue weighted by Gasteiger charge is 2.11. The Labute approximate surface area is 116 Å². The van der Waals surface area contributed by atoms with Crippen molar-refractivity contribution in [2.24, 2.45) is 0 Å². The predicted octanol–water partition coefficient (Wildman–Crippen LogP) is 3.91.